The van der Waals surface area contributed by atoms with Gasteiger partial charge in [-0.2, -0.15) is 0 Å². The second kappa shape index (κ2) is 7.28. The summed E-state index contributed by atoms with van der Waals surface area (Å²) in [5.41, 5.74) is 3.42. The average Bonchev–Trinajstić information content (AvgIpc) is 2.46. The Bertz CT molecular complexity index is 565. The monoisotopic (exact) mass is 283 g/mol. The number of rotatable bonds is 6. The van der Waals surface area contributed by atoms with Gasteiger partial charge in [0.1, 0.15) is 5.75 Å². The second-order valence-corrected chi connectivity index (χ2v) is 5.88. The van der Waals surface area contributed by atoms with E-state index in [1.54, 1.807) is 0 Å². The SMILES string of the molecule is Cc1ccc(C(C)NC(C)CCc2ccccc2)c(O)c1. The van der Waals surface area contributed by atoms with Crippen molar-refractivity contribution in [1.82, 2.24) is 5.32 Å². The fourth-order valence-electron chi connectivity index (χ4n) is 2.65. The van der Waals surface area contributed by atoms with Crippen molar-refractivity contribution in [3.8, 4) is 5.75 Å². The molecular formula is C19H25NO. The molecule has 0 radical (unpaired) electrons. The van der Waals surface area contributed by atoms with Gasteiger partial charge in [-0.05, 0) is 50.8 Å². The Labute approximate surface area is 127 Å². The number of nitrogens with one attached hydrogen (secondary N) is 1. The Morgan fingerprint density at radius 1 is 1.05 bits per heavy atom. The molecular weight excluding hydrogens is 258 g/mol. The van der Waals surface area contributed by atoms with E-state index in [0.29, 0.717) is 11.8 Å². The Hall–Kier alpha value is -1.80. The van der Waals surface area contributed by atoms with Gasteiger partial charge in [0.25, 0.3) is 0 Å². The third kappa shape index (κ3) is 4.61. The van der Waals surface area contributed by atoms with Gasteiger partial charge in [0, 0.05) is 17.6 Å². The summed E-state index contributed by atoms with van der Waals surface area (Å²) in [6.45, 7) is 6.29. The van der Waals surface area contributed by atoms with Crippen molar-refractivity contribution >= 4 is 0 Å². The van der Waals surface area contributed by atoms with E-state index < -0.39 is 0 Å². The molecule has 112 valence electrons. The molecule has 21 heavy (non-hydrogen) atoms. The maximum absolute atomic E-state index is 10.0. The van der Waals surface area contributed by atoms with Gasteiger partial charge in [0.05, 0.1) is 0 Å². The third-order valence-electron chi connectivity index (χ3n) is 3.90. The molecule has 0 spiro atoms. The first-order chi connectivity index (χ1) is 10.1. The lowest BCUT2D eigenvalue weighted by Gasteiger charge is -2.21. The third-order valence-corrected chi connectivity index (χ3v) is 3.90. The van der Waals surface area contributed by atoms with Crippen LogP contribution < -0.4 is 5.32 Å². The van der Waals surface area contributed by atoms with Crippen LogP contribution in [0.4, 0.5) is 0 Å². The molecule has 0 fully saturated rings. The lowest BCUT2D eigenvalue weighted by Crippen LogP contribution is -2.29. The maximum atomic E-state index is 10.0. The van der Waals surface area contributed by atoms with E-state index in [2.05, 4.69) is 43.4 Å². The smallest absolute Gasteiger partial charge is 0.120 e. The highest BCUT2D eigenvalue weighted by Gasteiger charge is 2.13. The lowest BCUT2D eigenvalue weighted by molar-refractivity contribution is 0.425. The molecule has 0 aromatic heterocycles. The minimum atomic E-state index is 0.149. The fourth-order valence-corrected chi connectivity index (χ4v) is 2.65. The molecule has 2 aromatic rings. The van der Waals surface area contributed by atoms with Crippen LogP contribution >= 0.6 is 0 Å². The van der Waals surface area contributed by atoms with Gasteiger partial charge in [-0.25, -0.2) is 0 Å². The van der Waals surface area contributed by atoms with Crippen LogP contribution in [0.5, 0.6) is 5.75 Å². The van der Waals surface area contributed by atoms with E-state index in [0.717, 1.165) is 24.0 Å². The van der Waals surface area contributed by atoms with Crippen LogP contribution in [0.2, 0.25) is 0 Å². The molecule has 0 aliphatic rings. The fraction of sp³-hybridized carbons (Fsp3) is 0.368. The van der Waals surface area contributed by atoms with E-state index in [-0.39, 0.29) is 6.04 Å². The first-order valence-electron chi connectivity index (χ1n) is 7.65. The van der Waals surface area contributed by atoms with Crippen molar-refractivity contribution in [2.45, 2.75) is 45.7 Å². The number of phenols is 1. The normalized spacial score (nSPS) is 13.9. The van der Waals surface area contributed by atoms with Crippen molar-refractivity contribution in [3.63, 3.8) is 0 Å². The highest BCUT2D eigenvalue weighted by Crippen LogP contribution is 2.25. The maximum Gasteiger partial charge on any atom is 0.120 e. The van der Waals surface area contributed by atoms with Gasteiger partial charge in [-0.1, -0.05) is 42.5 Å². The molecule has 2 N–H and O–H groups in total. The van der Waals surface area contributed by atoms with Crippen molar-refractivity contribution in [3.05, 3.63) is 65.2 Å². The van der Waals surface area contributed by atoms with E-state index in [9.17, 15) is 5.11 Å². The molecule has 0 heterocycles. The molecule has 2 aromatic carbocycles. The zero-order valence-electron chi connectivity index (χ0n) is 13.1. The molecule has 0 aliphatic carbocycles. The summed E-state index contributed by atoms with van der Waals surface area (Å²) in [6.07, 6.45) is 2.16. The summed E-state index contributed by atoms with van der Waals surface area (Å²) < 4.78 is 0. The van der Waals surface area contributed by atoms with E-state index in [1.807, 2.05) is 31.2 Å². The van der Waals surface area contributed by atoms with Crippen LogP contribution in [0.3, 0.4) is 0 Å². The van der Waals surface area contributed by atoms with E-state index >= 15 is 0 Å². The minimum absolute atomic E-state index is 0.149. The summed E-state index contributed by atoms with van der Waals surface area (Å²) >= 11 is 0. The van der Waals surface area contributed by atoms with Gasteiger partial charge in [-0.15, -0.1) is 0 Å². The molecule has 2 rings (SSSR count). The van der Waals surface area contributed by atoms with Gasteiger partial charge in [0.2, 0.25) is 0 Å². The molecule has 0 amide bonds. The summed E-state index contributed by atoms with van der Waals surface area (Å²) in [5, 5.41) is 13.6. The molecule has 0 saturated carbocycles. The molecule has 2 atom stereocenters. The highest BCUT2D eigenvalue weighted by molar-refractivity contribution is 5.37. The standard InChI is InChI=1S/C19H25NO/c1-14-9-12-18(19(21)13-14)16(3)20-15(2)10-11-17-7-5-4-6-8-17/h4-9,12-13,15-16,20-21H,10-11H2,1-3H3. The van der Waals surface area contributed by atoms with Crippen LogP contribution in [0.25, 0.3) is 0 Å². The van der Waals surface area contributed by atoms with Gasteiger partial charge < -0.3 is 10.4 Å². The predicted molar refractivity (Wildman–Crippen MR) is 88.6 cm³/mol. The van der Waals surface area contributed by atoms with Crippen molar-refractivity contribution in [2.75, 3.05) is 0 Å². The van der Waals surface area contributed by atoms with Gasteiger partial charge in [0.15, 0.2) is 0 Å². The van der Waals surface area contributed by atoms with Crippen LogP contribution in [0.15, 0.2) is 48.5 Å². The van der Waals surface area contributed by atoms with Crippen LogP contribution in [-0.2, 0) is 6.42 Å². The molecule has 2 heteroatoms. The number of hydrogen-bond donors (Lipinski definition) is 2. The minimum Gasteiger partial charge on any atom is -0.508 e. The second-order valence-electron chi connectivity index (χ2n) is 5.88. The molecule has 0 bridgehead atoms. The van der Waals surface area contributed by atoms with Gasteiger partial charge in [-0.3, -0.25) is 0 Å². The summed E-state index contributed by atoms with van der Waals surface area (Å²) in [7, 11) is 0. The summed E-state index contributed by atoms with van der Waals surface area (Å²) in [4.78, 5) is 0. The zero-order valence-corrected chi connectivity index (χ0v) is 13.1. The average molecular weight is 283 g/mol. The Balaban J connectivity index is 1.88. The summed E-state index contributed by atoms with van der Waals surface area (Å²) in [6, 6.07) is 17.0. The zero-order chi connectivity index (χ0) is 15.2. The molecule has 0 aliphatic heterocycles. The van der Waals surface area contributed by atoms with Crippen LogP contribution in [0.1, 0.15) is 43.0 Å². The van der Waals surface area contributed by atoms with Crippen molar-refractivity contribution < 1.29 is 5.11 Å². The Morgan fingerprint density at radius 2 is 1.76 bits per heavy atom. The first kappa shape index (κ1) is 15.6. The number of hydrogen-bond acceptors (Lipinski definition) is 2. The summed E-state index contributed by atoms with van der Waals surface area (Å²) in [5.74, 6) is 0.380. The predicted octanol–water partition coefficient (Wildman–Crippen LogP) is 4.37. The van der Waals surface area contributed by atoms with Gasteiger partial charge >= 0.3 is 0 Å². The molecule has 2 nitrogen and oxygen atoms in total. The number of aryl methyl sites for hydroxylation is 2. The largest absolute Gasteiger partial charge is 0.508 e. The van der Waals surface area contributed by atoms with Crippen LogP contribution in [-0.4, -0.2) is 11.1 Å². The highest BCUT2D eigenvalue weighted by atomic mass is 16.3. The Morgan fingerprint density at radius 3 is 2.43 bits per heavy atom. The molecule has 0 saturated heterocycles. The number of benzene rings is 2. The Kier molecular flexibility index (Phi) is 5.40. The quantitative estimate of drug-likeness (QED) is 0.825. The number of phenolic OH excluding ortho intramolecular Hbond substituents is 1. The topological polar surface area (TPSA) is 32.3 Å². The van der Waals surface area contributed by atoms with Crippen molar-refractivity contribution in [1.29, 1.82) is 0 Å². The van der Waals surface area contributed by atoms with Crippen LogP contribution in [0, 0.1) is 6.92 Å². The lowest BCUT2D eigenvalue weighted by atomic mass is 10.0. The van der Waals surface area contributed by atoms with E-state index in [4.69, 9.17) is 0 Å². The first-order valence-corrected chi connectivity index (χ1v) is 7.65. The number of aromatic hydroxyl groups is 1. The molecule has 2 unspecified atom stereocenters. The van der Waals surface area contributed by atoms with Crippen molar-refractivity contribution in [2.24, 2.45) is 0 Å². The van der Waals surface area contributed by atoms with E-state index in [1.165, 1.54) is 5.56 Å².